The second-order valence-electron chi connectivity index (χ2n) is 8.94. The lowest BCUT2D eigenvalue weighted by atomic mass is 10.1. The maximum atomic E-state index is 13.8. The van der Waals surface area contributed by atoms with Gasteiger partial charge in [0, 0.05) is 28.7 Å². The molecule has 1 aliphatic heterocycles. The highest BCUT2D eigenvalue weighted by atomic mass is 35.5. The van der Waals surface area contributed by atoms with Gasteiger partial charge in [-0.1, -0.05) is 36.2 Å². The molecule has 0 saturated heterocycles. The number of carbonyl (C=O) groups excluding carboxylic acids is 2. The lowest BCUT2D eigenvalue weighted by Gasteiger charge is -2.33. The van der Waals surface area contributed by atoms with Crippen molar-refractivity contribution in [2.24, 2.45) is 0 Å². The Kier molecular flexibility index (Phi) is 9.55. The quantitative estimate of drug-likeness (QED) is 0.464. The zero-order chi connectivity index (χ0) is 27.3. The van der Waals surface area contributed by atoms with Crippen molar-refractivity contribution in [1.29, 1.82) is 0 Å². The molecule has 0 bridgehead atoms. The maximum Gasteiger partial charge on any atom is 0.244 e. The highest BCUT2D eigenvalue weighted by molar-refractivity contribution is 7.92. The molecule has 9 nitrogen and oxygen atoms in total. The number of sulfonamides is 1. The van der Waals surface area contributed by atoms with Crippen LogP contribution in [0.2, 0.25) is 10.0 Å². The zero-order valence-electron chi connectivity index (χ0n) is 21.2. The third-order valence-corrected chi connectivity index (χ3v) is 7.39. The molecule has 202 valence electrons. The molecule has 2 aromatic carbocycles. The summed E-state index contributed by atoms with van der Waals surface area (Å²) in [5.74, 6) is -0.0409. The van der Waals surface area contributed by atoms with Gasteiger partial charge in [-0.15, -0.1) is 0 Å². The molecular formula is C25H31Cl2N3O6S. The van der Waals surface area contributed by atoms with Crippen LogP contribution in [-0.4, -0.2) is 63.2 Å². The number of anilines is 1. The van der Waals surface area contributed by atoms with Gasteiger partial charge < -0.3 is 19.7 Å². The third-order valence-electron chi connectivity index (χ3n) is 5.67. The van der Waals surface area contributed by atoms with Crippen LogP contribution >= 0.6 is 23.2 Å². The van der Waals surface area contributed by atoms with Gasteiger partial charge in [-0.2, -0.15) is 0 Å². The number of halogens is 2. The standard InChI is InChI=1S/C25H31Cl2N3O6S/c1-5-21(25(32)28-16(2)3)29(14-17-6-7-18(26)12-20(17)27)24(31)15-30(37(4,33)34)19-8-9-22-23(13-19)36-11-10-35-22/h6-9,12-13,16,21H,5,10-11,14-15H2,1-4H3,(H,28,32)/t21-/m0/s1. The molecule has 0 unspecified atom stereocenters. The smallest absolute Gasteiger partial charge is 0.244 e. The van der Waals surface area contributed by atoms with E-state index in [4.69, 9.17) is 32.7 Å². The molecule has 0 saturated carbocycles. The van der Waals surface area contributed by atoms with Gasteiger partial charge in [-0.3, -0.25) is 13.9 Å². The molecule has 0 aliphatic carbocycles. The van der Waals surface area contributed by atoms with E-state index in [-0.39, 0.29) is 24.2 Å². The summed E-state index contributed by atoms with van der Waals surface area (Å²) in [6, 6.07) is 8.52. The highest BCUT2D eigenvalue weighted by Gasteiger charge is 2.32. The van der Waals surface area contributed by atoms with Crippen LogP contribution in [0.25, 0.3) is 0 Å². The minimum atomic E-state index is -3.89. The molecule has 1 N–H and O–H groups in total. The van der Waals surface area contributed by atoms with E-state index in [1.807, 2.05) is 13.8 Å². The number of nitrogens with one attached hydrogen (secondary N) is 1. The first-order chi connectivity index (χ1) is 17.4. The van der Waals surface area contributed by atoms with Crippen molar-refractivity contribution in [3.8, 4) is 11.5 Å². The number of hydrogen-bond acceptors (Lipinski definition) is 6. The van der Waals surface area contributed by atoms with E-state index in [2.05, 4.69) is 5.32 Å². The summed E-state index contributed by atoms with van der Waals surface area (Å²) in [6.07, 6.45) is 1.32. The summed E-state index contributed by atoms with van der Waals surface area (Å²) in [7, 11) is -3.89. The fourth-order valence-electron chi connectivity index (χ4n) is 3.93. The van der Waals surface area contributed by atoms with Crippen LogP contribution in [-0.2, 0) is 26.2 Å². The van der Waals surface area contributed by atoms with Crippen LogP contribution < -0.4 is 19.1 Å². The first-order valence-corrected chi connectivity index (χ1v) is 14.4. The second-order valence-corrected chi connectivity index (χ2v) is 11.7. The van der Waals surface area contributed by atoms with Crippen molar-refractivity contribution < 1.29 is 27.5 Å². The van der Waals surface area contributed by atoms with Crippen molar-refractivity contribution >= 4 is 50.7 Å². The Hall–Kier alpha value is -2.69. The van der Waals surface area contributed by atoms with E-state index in [1.54, 1.807) is 37.3 Å². The third kappa shape index (κ3) is 7.43. The average molecular weight is 573 g/mol. The molecule has 3 rings (SSSR count). The Morgan fingerprint density at radius 2 is 1.73 bits per heavy atom. The number of ether oxygens (including phenoxy) is 2. The number of hydrogen-bond donors (Lipinski definition) is 1. The highest BCUT2D eigenvalue weighted by Crippen LogP contribution is 2.35. The Balaban J connectivity index is 1.98. The van der Waals surface area contributed by atoms with Gasteiger partial charge in [0.25, 0.3) is 0 Å². The average Bonchev–Trinajstić information content (AvgIpc) is 2.82. The van der Waals surface area contributed by atoms with Crippen molar-refractivity contribution in [3.63, 3.8) is 0 Å². The van der Waals surface area contributed by atoms with Gasteiger partial charge in [-0.05, 0) is 50.1 Å². The summed E-state index contributed by atoms with van der Waals surface area (Å²) in [5.41, 5.74) is 0.810. The Labute approximate surface area is 227 Å². The molecular weight excluding hydrogens is 541 g/mol. The van der Waals surface area contributed by atoms with Gasteiger partial charge in [-0.25, -0.2) is 8.42 Å². The Morgan fingerprint density at radius 3 is 2.32 bits per heavy atom. The normalized spacial score (nSPS) is 13.7. The van der Waals surface area contributed by atoms with Gasteiger partial charge in [0.05, 0.1) is 11.9 Å². The molecule has 2 aromatic rings. The molecule has 0 radical (unpaired) electrons. The molecule has 0 aromatic heterocycles. The maximum absolute atomic E-state index is 13.8. The number of fused-ring (bicyclic) bond motifs is 1. The summed E-state index contributed by atoms with van der Waals surface area (Å²) >= 11 is 12.4. The Bertz CT molecular complexity index is 1250. The monoisotopic (exact) mass is 571 g/mol. The lowest BCUT2D eigenvalue weighted by molar-refractivity contribution is -0.140. The molecule has 0 spiro atoms. The van der Waals surface area contributed by atoms with E-state index < -0.39 is 28.5 Å². The van der Waals surface area contributed by atoms with Gasteiger partial charge in [0.1, 0.15) is 25.8 Å². The van der Waals surface area contributed by atoms with E-state index in [0.717, 1.165) is 10.6 Å². The van der Waals surface area contributed by atoms with Crippen LogP contribution in [0.1, 0.15) is 32.8 Å². The van der Waals surface area contributed by atoms with Crippen molar-refractivity contribution in [3.05, 3.63) is 52.0 Å². The topological polar surface area (TPSA) is 105 Å². The Morgan fingerprint density at radius 1 is 1.05 bits per heavy atom. The van der Waals surface area contributed by atoms with Crippen LogP contribution in [0.15, 0.2) is 36.4 Å². The van der Waals surface area contributed by atoms with E-state index in [9.17, 15) is 18.0 Å². The van der Waals surface area contributed by atoms with Gasteiger partial charge >= 0.3 is 0 Å². The predicted octanol–water partition coefficient (Wildman–Crippen LogP) is 3.86. The van der Waals surface area contributed by atoms with Gasteiger partial charge in [0.15, 0.2) is 11.5 Å². The number of amides is 2. The van der Waals surface area contributed by atoms with Crippen LogP contribution in [0.3, 0.4) is 0 Å². The summed E-state index contributed by atoms with van der Waals surface area (Å²) < 4.78 is 37.7. The minimum Gasteiger partial charge on any atom is -0.486 e. The zero-order valence-corrected chi connectivity index (χ0v) is 23.5. The first kappa shape index (κ1) is 28.9. The lowest BCUT2D eigenvalue weighted by Crippen LogP contribution is -2.53. The largest absolute Gasteiger partial charge is 0.486 e. The molecule has 37 heavy (non-hydrogen) atoms. The molecule has 12 heteroatoms. The summed E-state index contributed by atoms with van der Waals surface area (Å²) in [6.45, 7) is 5.59. The summed E-state index contributed by atoms with van der Waals surface area (Å²) in [5, 5.41) is 3.60. The van der Waals surface area contributed by atoms with Crippen molar-refractivity contribution in [2.45, 2.75) is 45.8 Å². The predicted molar refractivity (Wildman–Crippen MR) is 144 cm³/mol. The van der Waals surface area contributed by atoms with Crippen molar-refractivity contribution in [1.82, 2.24) is 10.2 Å². The number of benzene rings is 2. The fraction of sp³-hybridized carbons (Fsp3) is 0.440. The molecule has 2 amide bonds. The SMILES string of the molecule is CC[C@@H](C(=O)NC(C)C)N(Cc1ccc(Cl)cc1Cl)C(=O)CN(c1ccc2c(c1)OCCO2)S(C)(=O)=O. The van der Waals surface area contributed by atoms with Crippen molar-refractivity contribution in [2.75, 3.05) is 30.3 Å². The molecule has 1 heterocycles. The van der Waals surface area contributed by atoms with Crippen LogP contribution in [0, 0.1) is 0 Å². The van der Waals surface area contributed by atoms with E-state index >= 15 is 0 Å². The molecule has 1 atom stereocenters. The number of nitrogens with zero attached hydrogens (tertiary/aromatic N) is 2. The molecule has 1 aliphatic rings. The fourth-order valence-corrected chi connectivity index (χ4v) is 5.24. The minimum absolute atomic E-state index is 0.0163. The molecule has 0 fully saturated rings. The van der Waals surface area contributed by atoms with E-state index in [1.165, 1.54) is 11.0 Å². The van der Waals surface area contributed by atoms with Gasteiger partial charge in [0.2, 0.25) is 21.8 Å². The van der Waals surface area contributed by atoms with Crippen LogP contribution in [0.4, 0.5) is 5.69 Å². The first-order valence-electron chi connectivity index (χ1n) is 11.8. The second kappa shape index (κ2) is 12.2. The summed E-state index contributed by atoms with van der Waals surface area (Å²) in [4.78, 5) is 28.2. The van der Waals surface area contributed by atoms with E-state index in [0.29, 0.717) is 46.7 Å². The number of carbonyl (C=O) groups is 2. The van der Waals surface area contributed by atoms with Crippen LogP contribution in [0.5, 0.6) is 11.5 Å². The number of rotatable bonds is 10.